The molecule has 1 aromatic rings. The van der Waals surface area contributed by atoms with Gasteiger partial charge < -0.3 is 15.3 Å². The second kappa shape index (κ2) is 7.14. The van der Waals surface area contributed by atoms with Gasteiger partial charge in [-0.05, 0) is 67.4 Å². The largest absolute Gasteiger partial charge is 0.380 e. The van der Waals surface area contributed by atoms with Crippen molar-refractivity contribution in [1.82, 2.24) is 0 Å². The average molecular weight is 334 g/mol. The summed E-state index contributed by atoms with van der Waals surface area (Å²) < 4.78 is 0. The summed E-state index contributed by atoms with van der Waals surface area (Å²) in [5.74, 6) is 2.24. The van der Waals surface area contributed by atoms with Crippen LogP contribution in [0.2, 0.25) is 0 Å². The molecule has 0 spiro atoms. The van der Waals surface area contributed by atoms with Crippen LogP contribution in [0.5, 0.6) is 0 Å². The molecule has 0 atom stereocenters. The third-order valence-corrected chi connectivity index (χ3v) is 6.00. The van der Waals surface area contributed by atoms with Gasteiger partial charge in [-0.25, -0.2) is 0 Å². The Kier molecular flexibility index (Phi) is 5.17. The highest BCUT2D eigenvalue weighted by Crippen LogP contribution is 2.29. The Morgan fingerprint density at radius 2 is 1.83 bits per heavy atom. The van der Waals surface area contributed by atoms with E-state index in [2.05, 4.69) is 29.3 Å². The minimum Gasteiger partial charge on any atom is -0.380 e. The molecule has 0 unspecified atom stereocenters. The fourth-order valence-corrected chi connectivity index (χ4v) is 4.37. The Hall–Kier alpha value is -1.20. The molecule has 4 nitrogen and oxygen atoms in total. The smallest absolute Gasteiger partial charge is 0.256 e. The van der Waals surface area contributed by atoms with Gasteiger partial charge in [0.15, 0.2) is 0 Å². The van der Waals surface area contributed by atoms with E-state index in [9.17, 15) is 9.90 Å². The Morgan fingerprint density at radius 3 is 2.43 bits per heavy atom. The third kappa shape index (κ3) is 4.01. The highest BCUT2D eigenvalue weighted by Gasteiger charge is 2.37. The van der Waals surface area contributed by atoms with Gasteiger partial charge in [0.2, 0.25) is 0 Å². The van der Waals surface area contributed by atoms with Crippen LogP contribution in [0.25, 0.3) is 0 Å². The number of benzene rings is 1. The minimum atomic E-state index is -1.20. The predicted octanol–water partition coefficient (Wildman–Crippen LogP) is 3.12. The van der Waals surface area contributed by atoms with Crippen LogP contribution in [-0.4, -0.2) is 41.2 Å². The van der Waals surface area contributed by atoms with Crippen LogP contribution >= 0.6 is 11.8 Å². The van der Waals surface area contributed by atoms with Crippen molar-refractivity contribution >= 4 is 29.0 Å². The number of rotatable bonds is 3. The molecule has 1 aromatic carbocycles. The molecule has 5 heteroatoms. The number of hydrogen-bond donors (Lipinski definition) is 2. The molecule has 0 aromatic heterocycles. The van der Waals surface area contributed by atoms with Gasteiger partial charge in [0.05, 0.1) is 0 Å². The molecule has 2 N–H and O–H groups in total. The molecule has 2 fully saturated rings. The van der Waals surface area contributed by atoms with Crippen LogP contribution in [0.1, 0.15) is 32.6 Å². The van der Waals surface area contributed by atoms with Gasteiger partial charge >= 0.3 is 0 Å². The molecule has 2 saturated heterocycles. The third-order valence-electron chi connectivity index (χ3n) is 5.02. The van der Waals surface area contributed by atoms with E-state index in [1.165, 1.54) is 18.5 Å². The monoisotopic (exact) mass is 334 g/mol. The number of hydrogen-bond acceptors (Lipinski definition) is 4. The Bertz CT molecular complexity index is 532. The zero-order valence-electron chi connectivity index (χ0n) is 13.8. The number of anilines is 2. The lowest BCUT2D eigenvalue weighted by molar-refractivity contribution is -0.134. The first kappa shape index (κ1) is 16.7. The average Bonchev–Trinajstić information content (AvgIpc) is 2.57. The number of thioether (sulfide) groups is 1. The van der Waals surface area contributed by atoms with Crippen molar-refractivity contribution in [1.29, 1.82) is 0 Å². The number of amides is 1. The van der Waals surface area contributed by atoms with Crippen LogP contribution in [0, 0.1) is 5.92 Å². The molecule has 3 rings (SSSR count). The number of carbonyl (C=O) groups is 1. The topological polar surface area (TPSA) is 52.6 Å². The lowest BCUT2D eigenvalue weighted by atomic mass is 9.95. The summed E-state index contributed by atoms with van der Waals surface area (Å²) >= 11 is 1.79. The van der Waals surface area contributed by atoms with E-state index in [4.69, 9.17) is 0 Å². The summed E-state index contributed by atoms with van der Waals surface area (Å²) in [5.41, 5.74) is 0.769. The SMILES string of the molecule is CC1CCN(c2ccc(NC(=O)C3(O)CCSCC3)cc2)CC1. The van der Waals surface area contributed by atoms with Gasteiger partial charge in [0, 0.05) is 24.5 Å². The van der Waals surface area contributed by atoms with Crippen LogP contribution < -0.4 is 10.2 Å². The van der Waals surface area contributed by atoms with E-state index >= 15 is 0 Å². The van der Waals surface area contributed by atoms with Crippen molar-refractivity contribution in [2.24, 2.45) is 5.92 Å². The van der Waals surface area contributed by atoms with E-state index in [1.807, 2.05) is 12.1 Å². The Morgan fingerprint density at radius 1 is 1.22 bits per heavy atom. The standard InChI is InChI=1S/C18H26N2O2S/c1-14-6-10-20(11-7-14)16-4-2-15(3-5-16)19-17(21)18(22)8-12-23-13-9-18/h2-5,14,22H,6-13H2,1H3,(H,19,21). The molecular weight excluding hydrogens is 308 g/mol. The number of aliphatic hydroxyl groups is 1. The highest BCUT2D eigenvalue weighted by atomic mass is 32.2. The summed E-state index contributed by atoms with van der Waals surface area (Å²) in [7, 11) is 0. The lowest BCUT2D eigenvalue weighted by Crippen LogP contribution is -2.45. The zero-order valence-corrected chi connectivity index (χ0v) is 14.6. The maximum atomic E-state index is 12.3. The van der Waals surface area contributed by atoms with Gasteiger partial charge in [0.25, 0.3) is 5.91 Å². The van der Waals surface area contributed by atoms with Gasteiger partial charge in [0.1, 0.15) is 5.60 Å². The van der Waals surface area contributed by atoms with Gasteiger partial charge in [-0.1, -0.05) is 6.92 Å². The summed E-state index contributed by atoms with van der Waals surface area (Å²) in [6.07, 6.45) is 3.55. The van der Waals surface area contributed by atoms with E-state index in [1.54, 1.807) is 11.8 Å². The van der Waals surface area contributed by atoms with E-state index < -0.39 is 5.60 Å². The fraction of sp³-hybridized carbons (Fsp3) is 0.611. The minimum absolute atomic E-state index is 0.266. The first-order valence-corrected chi connectivity index (χ1v) is 9.69. The Labute approximate surface area is 142 Å². The molecular formula is C18H26N2O2S. The second-order valence-corrected chi connectivity index (χ2v) is 8.04. The molecule has 126 valence electrons. The van der Waals surface area contributed by atoms with Crippen LogP contribution in [0.15, 0.2) is 24.3 Å². The lowest BCUT2D eigenvalue weighted by Gasteiger charge is -2.32. The highest BCUT2D eigenvalue weighted by molar-refractivity contribution is 7.99. The fourth-order valence-electron chi connectivity index (χ4n) is 3.21. The summed E-state index contributed by atoms with van der Waals surface area (Å²) in [6, 6.07) is 8.00. The van der Waals surface area contributed by atoms with Crippen molar-refractivity contribution in [2.45, 2.75) is 38.2 Å². The van der Waals surface area contributed by atoms with Gasteiger partial charge in [-0.2, -0.15) is 11.8 Å². The molecule has 2 heterocycles. The van der Waals surface area contributed by atoms with Gasteiger partial charge in [-0.3, -0.25) is 4.79 Å². The summed E-state index contributed by atoms with van der Waals surface area (Å²) in [6.45, 7) is 4.51. The van der Waals surface area contributed by atoms with Crippen molar-refractivity contribution in [3.05, 3.63) is 24.3 Å². The van der Waals surface area contributed by atoms with E-state index in [-0.39, 0.29) is 5.91 Å². The number of piperidine rings is 1. The summed E-state index contributed by atoms with van der Waals surface area (Å²) in [5, 5.41) is 13.3. The van der Waals surface area contributed by atoms with Crippen LogP contribution in [0.3, 0.4) is 0 Å². The number of nitrogens with one attached hydrogen (secondary N) is 1. The molecule has 0 radical (unpaired) electrons. The van der Waals surface area contributed by atoms with E-state index in [0.29, 0.717) is 12.8 Å². The summed E-state index contributed by atoms with van der Waals surface area (Å²) in [4.78, 5) is 14.7. The van der Waals surface area contributed by atoms with Gasteiger partial charge in [-0.15, -0.1) is 0 Å². The normalized spacial score (nSPS) is 21.9. The molecule has 1 amide bonds. The first-order valence-electron chi connectivity index (χ1n) is 8.53. The maximum Gasteiger partial charge on any atom is 0.256 e. The number of nitrogens with zero attached hydrogens (tertiary/aromatic N) is 1. The number of carbonyl (C=O) groups excluding carboxylic acids is 1. The van der Waals surface area contributed by atoms with Crippen LogP contribution in [-0.2, 0) is 4.79 Å². The predicted molar refractivity (Wildman–Crippen MR) is 97.2 cm³/mol. The van der Waals surface area contributed by atoms with Crippen molar-refractivity contribution in [2.75, 3.05) is 34.8 Å². The molecule has 2 aliphatic rings. The van der Waals surface area contributed by atoms with Crippen molar-refractivity contribution < 1.29 is 9.90 Å². The Balaban J connectivity index is 1.60. The molecule has 0 aliphatic carbocycles. The maximum absolute atomic E-state index is 12.3. The van der Waals surface area contributed by atoms with Crippen LogP contribution in [0.4, 0.5) is 11.4 Å². The zero-order chi connectivity index (χ0) is 16.3. The molecule has 23 heavy (non-hydrogen) atoms. The molecule has 0 bridgehead atoms. The van der Waals surface area contributed by atoms with E-state index in [0.717, 1.165) is 36.2 Å². The second-order valence-electron chi connectivity index (χ2n) is 6.81. The quantitative estimate of drug-likeness (QED) is 0.892. The molecule has 2 aliphatic heterocycles. The molecule has 0 saturated carbocycles. The van der Waals surface area contributed by atoms with Crippen molar-refractivity contribution in [3.8, 4) is 0 Å². The van der Waals surface area contributed by atoms with Crippen molar-refractivity contribution in [3.63, 3.8) is 0 Å². The first-order chi connectivity index (χ1) is 11.1.